The molecule has 1 aromatic carbocycles. The molecule has 2 aromatic heterocycles. The third-order valence-corrected chi connectivity index (χ3v) is 5.11. The minimum atomic E-state index is 0.0199. The van der Waals surface area contributed by atoms with E-state index in [1.54, 1.807) is 6.07 Å². The van der Waals surface area contributed by atoms with Crippen molar-refractivity contribution in [3.8, 4) is 0 Å². The van der Waals surface area contributed by atoms with Gasteiger partial charge in [-0.25, -0.2) is 9.97 Å². The molecule has 1 aliphatic heterocycles. The van der Waals surface area contributed by atoms with E-state index in [9.17, 15) is 0 Å². The Kier molecular flexibility index (Phi) is 4.91. The summed E-state index contributed by atoms with van der Waals surface area (Å²) in [7, 11) is 0. The second-order valence-electron chi connectivity index (χ2n) is 6.30. The smallest absolute Gasteiger partial charge is 0.249 e. The number of halogens is 2. The van der Waals surface area contributed by atoms with E-state index in [1.807, 2.05) is 31.2 Å². The van der Waals surface area contributed by atoms with Gasteiger partial charge in [-0.1, -0.05) is 44.8 Å². The number of rotatable bonds is 4. The van der Waals surface area contributed by atoms with Gasteiger partial charge >= 0.3 is 0 Å². The summed E-state index contributed by atoms with van der Waals surface area (Å²) in [4.78, 5) is 15.4. The van der Waals surface area contributed by atoms with E-state index in [-0.39, 0.29) is 6.04 Å². The maximum atomic E-state index is 6.10. The van der Waals surface area contributed by atoms with Crippen molar-refractivity contribution in [1.82, 2.24) is 20.1 Å². The van der Waals surface area contributed by atoms with Crippen LogP contribution in [0.1, 0.15) is 42.0 Å². The van der Waals surface area contributed by atoms with Gasteiger partial charge in [-0.3, -0.25) is 0 Å². The zero-order valence-electron chi connectivity index (χ0n) is 14.2. The topological polar surface area (TPSA) is 67.9 Å². The van der Waals surface area contributed by atoms with Crippen LogP contribution in [0.4, 0.5) is 5.82 Å². The van der Waals surface area contributed by atoms with E-state index < -0.39 is 0 Å². The highest BCUT2D eigenvalue weighted by molar-refractivity contribution is 9.10. The molecule has 8 heteroatoms. The fraction of sp³-hybridized carbons (Fsp3) is 0.333. The minimum absolute atomic E-state index is 0.0199. The molecule has 0 unspecified atom stereocenters. The first kappa shape index (κ1) is 17.4. The van der Waals surface area contributed by atoms with E-state index in [0.29, 0.717) is 29.1 Å². The maximum absolute atomic E-state index is 6.10. The van der Waals surface area contributed by atoms with Gasteiger partial charge in [0.1, 0.15) is 22.8 Å². The predicted molar refractivity (Wildman–Crippen MR) is 102 cm³/mol. The third kappa shape index (κ3) is 3.73. The second-order valence-corrected chi connectivity index (χ2v) is 7.60. The monoisotopic (exact) mass is 433 g/mol. The van der Waals surface area contributed by atoms with Crippen molar-refractivity contribution in [2.75, 3.05) is 11.4 Å². The summed E-state index contributed by atoms with van der Waals surface area (Å²) in [6, 6.07) is 9.92. The van der Waals surface area contributed by atoms with Crippen LogP contribution in [0, 0.1) is 6.92 Å². The van der Waals surface area contributed by atoms with Crippen molar-refractivity contribution in [2.24, 2.45) is 0 Å². The highest BCUT2D eigenvalue weighted by Crippen LogP contribution is 2.35. The SMILES string of the molecule is Cc1nc(Cl)cc(N2CCC[C@@H]2c2nc(Cc3ccc(Br)cc3)no2)n1. The minimum Gasteiger partial charge on any atom is -0.344 e. The van der Waals surface area contributed by atoms with Gasteiger partial charge in [0.05, 0.1) is 0 Å². The zero-order valence-corrected chi connectivity index (χ0v) is 16.5. The molecule has 1 atom stereocenters. The average molecular weight is 435 g/mol. The molecule has 4 rings (SSSR count). The van der Waals surface area contributed by atoms with E-state index in [0.717, 1.165) is 35.2 Å². The normalized spacial score (nSPS) is 17.0. The summed E-state index contributed by atoms with van der Waals surface area (Å²) in [6.45, 7) is 2.71. The van der Waals surface area contributed by atoms with Crippen LogP contribution in [0.5, 0.6) is 0 Å². The van der Waals surface area contributed by atoms with Crippen LogP contribution in [-0.4, -0.2) is 26.7 Å². The fourth-order valence-electron chi connectivity index (χ4n) is 3.22. The second kappa shape index (κ2) is 7.32. The largest absolute Gasteiger partial charge is 0.344 e. The van der Waals surface area contributed by atoms with Gasteiger partial charge in [-0.05, 0) is 37.5 Å². The van der Waals surface area contributed by atoms with Crippen molar-refractivity contribution >= 4 is 33.3 Å². The Morgan fingerprint density at radius 2 is 2.04 bits per heavy atom. The van der Waals surface area contributed by atoms with Crippen LogP contribution in [0.25, 0.3) is 0 Å². The van der Waals surface area contributed by atoms with Gasteiger partial charge in [0, 0.05) is 23.5 Å². The Bertz CT molecular complexity index is 894. The number of hydrogen-bond acceptors (Lipinski definition) is 6. The lowest BCUT2D eigenvalue weighted by atomic mass is 10.1. The first-order valence-corrected chi connectivity index (χ1v) is 9.60. The number of nitrogens with zero attached hydrogens (tertiary/aromatic N) is 5. The zero-order chi connectivity index (χ0) is 18.1. The molecule has 26 heavy (non-hydrogen) atoms. The molecule has 134 valence electrons. The molecule has 1 fully saturated rings. The Balaban J connectivity index is 1.55. The molecule has 6 nitrogen and oxygen atoms in total. The van der Waals surface area contributed by atoms with E-state index >= 15 is 0 Å². The van der Waals surface area contributed by atoms with Crippen LogP contribution in [0.15, 0.2) is 39.3 Å². The quantitative estimate of drug-likeness (QED) is 0.563. The molecule has 0 N–H and O–H groups in total. The van der Waals surface area contributed by atoms with Gasteiger partial charge < -0.3 is 9.42 Å². The molecule has 0 radical (unpaired) electrons. The number of benzene rings is 1. The molecule has 0 amide bonds. The van der Waals surface area contributed by atoms with Gasteiger partial charge in [-0.15, -0.1) is 0 Å². The average Bonchev–Trinajstić information content (AvgIpc) is 3.25. The van der Waals surface area contributed by atoms with Crippen molar-refractivity contribution in [3.05, 3.63) is 63.1 Å². The summed E-state index contributed by atoms with van der Waals surface area (Å²) in [6.07, 6.45) is 2.62. The molecule has 0 saturated carbocycles. The first-order valence-electron chi connectivity index (χ1n) is 8.43. The van der Waals surface area contributed by atoms with Crippen LogP contribution in [0.2, 0.25) is 5.15 Å². The van der Waals surface area contributed by atoms with Crippen molar-refractivity contribution < 1.29 is 4.52 Å². The van der Waals surface area contributed by atoms with Crippen molar-refractivity contribution in [3.63, 3.8) is 0 Å². The van der Waals surface area contributed by atoms with Gasteiger partial charge in [0.2, 0.25) is 5.89 Å². The molecule has 3 aromatic rings. The Labute approximate surface area is 164 Å². The Morgan fingerprint density at radius 3 is 2.81 bits per heavy atom. The molecule has 1 aliphatic rings. The summed E-state index contributed by atoms with van der Waals surface area (Å²) < 4.78 is 6.62. The first-order chi connectivity index (χ1) is 12.6. The highest BCUT2D eigenvalue weighted by atomic mass is 79.9. The summed E-state index contributed by atoms with van der Waals surface area (Å²) >= 11 is 9.54. The summed E-state index contributed by atoms with van der Waals surface area (Å²) in [5.41, 5.74) is 1.14. The van der Waals surface area contributed by atoms with E-state index in [2.05, 4.69) is 40.9 Å². The standard InChI is InChI=1S/C18H17BrClN5O/c1-11-21-15(20)10-17(22-11)25-8-2-3-14(25)18-23-16(24-26-18)9-12-4-6-13(19)7-5-12/h4-7,10,14H,2-3,8-9H2,1H3/t14-/m1/s1. The van der Waals surface area contributed by atoms with E-state index in [4.69, 9.17) is 16.1 Å². The van der Waals surface area contributed by atoms with Crippen LogP contribution in [-0.2, 0) is 6.42 Å². The maximum Gasteiger partial charge on any atom is 0.249 e. The lowest BCUT2D eigenvalue weighted by Crippen LogP contribution is -2.24. The number of aryl methyl sites for hydroxylation is 1. The predicted octanol–water partition coefficient (Wildman–Crippen LogP) is 4.52. The molecule has 0 aliphatic carbocycles. The lowest BCUT2D eigenvalue weighted by molar-refractivity contribution is 0.351. The summed E-state index contributed by atoms with van der Waals surface area (Å²) in [5.74, 6) is 2.77. The molecular formula is C18H17BrClN5O. The number of hydrogen-bond donors (Lipinski definition) is 0. The summed E-state index contributed by atoms with van der Waals surface area (Å²) in [5, 5.41) is 4.60. The van der Waals surface area contributed by atoms with Crippen LogP contribution >= 0.6 is 27.5 Å². The van der Waals surface area contributed by atoms with Gasteiger partial charge in [-0.2, -0.15) is 4.98 Å². The van der Waals surface area contributed by atoms with Crippen LogP contribution in [0.3, 0.4) is 0 Å². The molecule has 0 spiro atoms. The third-order valence-electron chi connectivity index (χ3n) is 4.38. The molecular weight excluding hydrogens is 418 g/mol. The van der Waals surface area contributed by atoms with Crippen LogP contribution < -0.4 is 4.90 Å². The molecule has 0 bridgehead atoms. The lowest BCUT2D eigenvalue weighted by Gasteiger charge is -2.23. The Morgan fingerprint density at radius 1 is 1.23 bits per heavy atom. The van der Waals surface area contributed by atoms with Gasteiger partial charge in [0.15, 0.2) is 5.82 Å². The van der Waals surface area contributed by atoms with E-state index in [1.165, 1.54) is 0 Å². The molecule has 1 saturated heterocycles. The highest BCUT2D eigenvalue weighted by Gasteiger charge is 2.32. The number of aromatic nitrogens is 4. The fourth-order valence-corrected chi connectivity index (χ4v) is 3.70. The van der Waals surface area contributed by atoms with Crippen molar-refractivity contribution in [1.29, 1.82) is 0 Å². The molecule has 3 heterocycles. The van der Waals surface area contributed by atoms with Gasteiger partial charge in [0.25, 0.3) is 0 Å². The Hall–Kier alpha value is -1.99. The van der Waals surface area contributed by atoms with Crippen molar-refractivity contribution in [2.45, 2.75) is 32.2 Å². The number of anilines is 1.